The van der Waals surface area contributed by atoms with E-state index in [0.717, 1.165) is 17.9 Å². The van der Waals surface area contributed by atoms with E-state index in [1.54, 1.807) is 0 Å². The lowest BCUT2D eigenvalue weighted by molar-refractivity contribution is 0.0278. The molecular formula is C16H25ClN2O. The molecule has 3 nitrogen and oxygen atoms in total. The second-order valence-electron chi connectivity index (χ2n) is 6.53. The maximum absolute atomic E-state index is 10.2. The molecule has 2 N–H and O–H groups in total. The highest BCUT2D eigenvalue weighted by atomic mass is 35.5. The summed E-state index contributed by atoms with van der Waals surface area (Å²) in [6, 6.07) is 8.67. The molecular weight excluding hydrogens is 272 g/mol. The van der Waals surface area contributed by atoms with Gasteiger partial charge < -0.3 is 15.3 Å². The first-order valence-electron chi connectivity index (χ1n) is 7.22. The van der Waals surface area contributed by atoms with E-state index in [0.29, 0.717) is 25.0 Å². The quantitative estimate of drug-likeness (QED) is 0.847. The Morgan fingerprint density at radius 1 is 1.30 bits per heavy atom. The first-order valence-corrected chi connectivity index (χ1v) is 7.59. The van der Waals surface area contributed by atoms with Gasteiger partial charge >= 0.3 is 0 Å². The Labute approximate surface area is 126 Å². The molecule has 20 heavy (non-hydrogen) atoms. The number of nitrogens with zero attached hydrogens (tertiary/aromatic N) is 1. The average Bonchev–Trinajstić information content (AvgIpc) is 2.27. The predicted octanol–water partition coefficient (Wildman–Crippen LogP) is 2.49. The van der Waals surface area contributed by atoms with Crippen LogP contribution < -0.4 is 5.32 Å². The van der Waals surface area contributed by atoms with Crippen LogP contribution in [0.5, 0.6) is 0 Å². The highest BCUT2D eigenvalue weighted by Crippen LogP contribution is 2.37. The van der Waals surface area contributed by atoms with Crippen LogP contribution in [0.3, 0.4) is 0 Å². The number of hydrogen-bond donors (Lipinski definition) is 2. The van der Waals surface area contributed by atoms with Crippen molar-refractivity contribution in [3.63, 3.8) is 0 Å². The number of benzene rings is 1. The molecule has 1 aromatic rings. The summed E-state index contributed by atoms with van der Waals surface area (Å²) in [6.45, 7) is 3.20. The summed E-state index contributed by atoms with van der Waals surface area (Å²) in [4.78, 5) is 2.01. The first kappa shape index (κ1) is 15.8. The Bertz CT molecular complexity index is 425. The van der Waals surface area contributed by atoms with E-state index >= 15 is 0 Å². The summed E-state index contributed by atoms with van der Waals surface area (Å²) in [7, 11) is 3.96. The van der Waals surface area contributed by atoms with Crippen molar-refractivity contribution < 1.29 is 5.11 Å². The van der Waals surface area contributed by atoms with Crippen molar-refractivity contribution >= 4 is 11.6 Å². The van der Waals surface area contributed by atoms with Crippen molar-refractivity contribution in [1.82, 2.24) is 10.2 Å². The molecule has 0 amide bonds. The lowest BCUT2D eigenvalue weighted by Gasteiger charge is -2.38. The van der Waals surface area contributed by atoms with Crippen molar-refractivity contribution in [2.24, 2.45) is 0 Å². The predicted molar refractivity (Wildman–Crippen MR) is 84.4 cm³/mol. The van der Waals surface area contributed by atoms with E-state index < -0.39 is 5.60 Å². The summed E-state index contributed by atoms with van der Waals surface area (Å²) in [5.41, 5.74) is 0.696. The molecule has 4 heteroatoms. The summed E-state index contributed by atoms with van der Waals surface area (Å²) >= 11 is 5.90. The van der Waals surface area contributed by atoms with Crippen molar-refractivity contribution in [2.45, 2.75) is 37.3 Å². The summed E-state index contributed by atoms with van der Waals surface area (Å²) in [5, 5.41) is 14.5. The van der Waals surface area contributed by atoms with Crippen LogP contribution in [0.4, 0.5) is 0 Å². The number of hydrogen-bond acceptors (Lipinski definition) is 3. The van der Waals surface area contributed by atoms with Gasteiger partial charge in [0.1, 0.15) is 0 Å². The number of halogens is 1. The van der Waals surface area contributed by atoms with Crippen molar-refractivity contribution in [2.75, 3.05) is 27.2 Å². The van der Waals surface area contributed by atoms with Gasteiger partial charge in [-0.3, -0.25) is 0 Å². The molecule has 0 radical (unpaired) electrons. The first-order chi connectivity index (χ1) is 9.35. The smallest absolute Gasteiger partial charge is 0.0869 e. The number of likely N-dealkylation sites (N-methyl/N-ethyl adjacent to an activating group) is 1. The fraction of sp³-hybridized carbons (Fsp3) is 0.625. The largest absolute Gasteiger partial charge is 0.388 e. The Morgan fingerprint density at radius 2 is 1.90 bits per heavy atom. The molecule has 0 aromatic heterocycles. The third-order valence-corrected chi connectivity index (χ3v) is 4.16. The van der Waals surface area contributed by atoms with Crippen LogP contribution in [0.15, 0.2) is 24.3 Å². The fourth-order valence-corrected chi connectivity index (χ4v) is 3.02. The molecule has 1 saturated carbocycles. The third kappa shape index (κ3) is 4.45. The SMILES string of the molecule is CN(C)CC(C)(O)CNC1CC(c2ccc(Cl)cc2)C1. The summed E-state index contributed by atoms with van der Waals surface area (Å²) in [6.07, 6.45) is 2.28. The maximum atomic E-state index is 10.2. The van der Waals surface area contributed by atoms with Crippen LogP contribution in [0.1, 0.15) is 31.2 Å². The van der Waals surface area contributed by atoms with Gasteiger partial charge in [-0.05, 0) is 57.5 Å². The third-order valence-electron chi connectivity index (χ3n) is 3.91. The average molecular weight is 297 g/mol. The Hall–Kier alpha value is -0.610. The lowest BCUT2D eigenvalue weighted by Crippen LogP contribution is -2.50. The highest BCUT2D eigenvalue weighted by Gasteiger charge is 2.31. The van der Waals surface area contributed by atoms with Crippen molar-refractivity contribution in [3.8, 4) is 0 Å². The molecule has 1 fully saturated rings. The van der Waals surface area contributed by atoms with E-state index in [1.807, 2.05) is 38.1 Å². The molecule has 1 unspecified atom stereocenters. The minimum Gasteiger partial charge on any atom is -0.388 e. The Kier molecular flexibility index (Phi) is 5.08. The van der Waals surface area contributed by atoms with E-state index in [1.165, 1.54) is 5.56 Å². The van der Waals surface area contributed by atoms with Gasteiger partial charge in [-0.2, -0.15) is 0 Å². The van der Waals surface area contributed by atoms with Gasteiger partial charge in [-0.1, -0.05) is 23.7 Å². The zero-order chi connectivity index (χ0) is 14.8. The van der Waals surface area contributed by atoms with Gasteiger partial charge in [0, 0.05) is 24.2 Å². The van der Waals surface area contributed by atoms with Gasteiger partial charge in [0.15, 0.2) is 0 Å². The van der Waals surface area contributed by atoms with Crippen molar-refractivity contribution in [3.05, 3.63) is 34.9 Å². The van der Waals surface area contributed by atoms with Gasteiger partial charge in [-0.15, -0.1) is 0 Å². The molecule has 1 aromatic carbocycles. The molecule has 0 aliphatic heterocycles. The molecule has 112 valence electrons. The molecule has 0 heterocycles. The van der Waals surface area contributed by atoms with Gasteiger partial charge in [0.2, 0.25) is 0 Å². The second-order valence-corrected chi connectivity index (χ2v) is 6.97. The Balaban J connectivity index is 1.73. The van der Waals surface area contributed by atoms with Crippen LogP contribution in [-0.4, -0.2) is 48.8 Å². The van der Waals surface area contributed by atoms with E-state index in [4.69, 9.17) is 11.6 Å². The number of aliphatic hydroxyl groups is 1. The zero-order valence-corrected chi connectivity index (χ0v) is 13.3. The van der Waals surface area contributed by atoms with Gasteiger partial charge in [-0.25, -0.2) is 0 Å². The monoisotopic (exact) mass is 296 g/mol. The van der Waals surface area contributed by atoms with Gasteiger partial charge in [0.05, 0.1) is 5.60 Å². The molecule has 0 bridgehead atoms. The molecule has 0 saturated heterocycles. The zero-order valence-electron chi connectivity index (χ0n) is 12.6. The fourth-order valence-electron chi connectivity index (χ4n) is 2.89. The molecule has 1 aliphatic rings. The van der Waals surface area contributed by atoms with E-state index in [2.05, 4.69) is 17.4 Å². The van der Waals surface area contributed by atoms with E-state index in [9.17, 15) is 5.11 Å². The van der Waals surface area contributed by atoms with Crippen LogP contribution in [0.25, 0.3) is 0 Å². The van der Waals surface area contributed by atoms with Crippen molar-refractivity contribution in [1.29, 1.82) is 0 Å². The molecule has 0 spiro atoms. The van der Waals surface area contributed by atoms with Crippen LogP contribution >= 0.6 is 11.6 Å². The van der Waals surface area contributed by atoms with Crippen LogP contribution in [0, 0.1) is 0 Å². The minimum atomic E-state index is -0.672. The second kappa shape index (κ2) is 6.44. The minimum absolute atomic E-state index is 0.518. The summed E-state index contributed by atoms with van der Waals surface area (Å²) in [5.74, 6) is 0.628. The number of nitrogens with one attached hydrogen (secondary N) is 1. The lowest BCUT2D eigenvalue weighted by atomic mass is 9.75. The van der Waals surface area contributed by atoms with Crippen LogP contribution in [0.2, 0.25) is 5.02 Å². The normalized spacial score (nSPS) is 25.3. The molecule has 1 atom stereocenters. The summed E-state index contributed by atoms with van der Waals surface area (Å²) < 4.78 is 0. The van der Waals surface area contributed by atoms with Crippen LogP contribution in [-0.2, 0) is 0 Å². The maximum Gasteiger partial charge on any atom is 0.0869 e. The topological polar surface area (TPSA) is 35.5 Å². The number of rotatable bonds is 6. The standard InChI is InChI=1S/C16H25ClN2O/c1-16(20,11-19(2)3)10-18-15-8-13(9-15)12-4-6-14(17)7-5-12/h4-7,13,15,18,20H,8-11H2,1-3H3. The highest BCUT2D eigenvalue weighted by molar-refractivity contribution is 6.30. The van der Waals surface area contributed by atoms with E-state index in [-0.39, 0.29) is 0 Å². The Morgan fingerprint density at radius 3 is 2.45 bits per heavy atom. The van der Waals surface area contributed by atoms with Gasteiger partial charge in [0.25, 0.3) is 0 Å². The molecule has 2 rings (SSSR count). The molecule has 1 aliphatic carbocycles.